The maximum Gasteiger partial charge on any atom is 0.239 e. The Bertz CT molecular complexity index is 1120. The molecule has 33 heavy (non-hydrogen) atoms. The van der Waals surface area contributed by atoms with Gasteiger partial charge in [-0.25, -0.2) is 0 Å². The van der Waals surface area contributed by atoms with Crippen LogP contribution in [0.5, 0.6) is 11.5 Å². The molecule has 4 rings (SSSR count). The fraction of sp³-hybridized carbons (Fsp3) is 0.296. The van der Waals surface area contributed by atoms with Crippen molar-refractivity contribution in [3.05, 3.63) is 93.5 Å². The van der Waals surface area contributed by atoms with E-state index in [2.05, 4.69) is 51.2 Å². The second-order valence-electron chi connectivity index (χ2n) is 8.26. The molecule has 0 radical (unpaired) electrons. The third kappa shape index (κ3) is 4.92. The predicted octanol–water partition coefficient (Wildman–Crippen LogP) is 5.22. The van der Waals surface area contributed by atoms with Crippen LogP contribution in [0.2, 0.25) is 0 Å². The Hall–Kier alpha value is -2.83. The summed E-state index contributed by atoms with van der Waals surface area (Å²) < 4.78 is 12.3. The number of aryl methyl sites for hydroxylation is 1. The lowest BCUT2D eigenvalue weighted by Gasteiger charge is -2.41. The summed E-state index contributed by atoms with van der Waals surface area (Å²) in [7, 11) is 3.30. The van der Waals surface area contributed by atoms with Crippen LogP contribution in [-0.2, 0) is 17.6 Å². The fourth-order valence-electron chi connectivity index (χ4n) is 4.83. The zero-order valence-electron chi connectivity index (χ0n) is 19.0. The van der Waals surface area contributed by atoms with Crippen LogP contribution in [-0.4, -0.2) is 31.6 Å². The Morgan fingerprint density at radius 3 is 2.39 bits per heavy atom. The van der Waals surface area contributed by atoms with Crippen molar-refractivity contribution in [1.29, 1.82) is 0 Å². The number of hydrogen-bond acceptors (Lipinski definition) is 4. The molecular formula is C27H29BrN2O3. The molecular weight excluding hydrogens is 480 g/mol. The van der Waals surface area contributed by atoms with Crippen molar-refractivity contribution in [3.63, 3.8) is 0 Å². The maximum atomic E-state index is 12.7. The van der Waals surface area contributed by atoms with Gasteiger partial charge in [0.05, 0.1) is 14.2 Å². The van der Waals surface area contributed by atoms with Crippen molar-refractivity contribution in [3.8, 4) is 11.5 Å². The number of carbonyl (C=O) groups excluding carboxylic acids is 1. The number of carbonyl (C=O) groups is 1. The second kappa shape index (κ2) is 10.4. The zero-order valence-corrected chi connectivity index (χ0v) is 20.5. The third-order valence-corrected chi connectivity index (χ3v) is 7.18. The third-order valence-electron chi connectivity index (χ3n) is 6.41. The molecule has 2 N–H and O–H groups in total. The molecule has 0 bridgehead atoms. The first-order valence-electron chi connectivity index (χ1n) is 11.1. The Morgan fingerprint density at radius 1 is 1.06 bits per heavy atom. The average molecular weight is 509 g/mol. The van der Waals surface area contributed by atoms with E-state index in [4.69, 9.17) is 15.2 Å². The standard InChI is InChI=1S/C27H29BrN2O3/c1-32-24-16-20-14-15-30(26(27(29)31)19-9-4-3-5-10-19)23(21(20)17-25(24)33-2)13-12-18-8-6-7-11-22(18)28/h3-11,16-17,23,26H,12-15H2,1-2H3,(H2,29,31). The quantitative estimate of drug-likeness (QED) is 0.452. The monoisotopic (exact) mass is 508 g/mol. The van der Waals surface area contributed by atoms with Crippen LogP contribution in [0.15, 0.2) is 71.2 Å². The Kier molecular flexibility index (Phi) is 7.36. The maximum absolute atomic E-state index is 12.7. The number of fused-ring (bicyclic) bond motifs is 1. The SMILES string of the molecule is COc1cc2c(cc1OC)C(CCc1ccccc1Br)N(C(C(N)=O)c1ccccc1)CC2. The number of benzene rings is 3. The van der Waals surface area contributed by atoms with Gasteiger partial charge in [-0.15, -0.1) is 0 Å². The number of ether oxygens (including phenoxy) is 2. The minimum Gasteiger partial charge on any atom is -0.493 e. The lowest BCUT2D eigenvalue weighted by molar-refractivity contribution is -0.124. The van der Waals surface area contributed by atoms with Gasteiger partial charge >= 0.3 is 0 Å². The molecule has 0 saturated carbocycles. The van der Waals surface area contributed by atoms with Crippen LogP contribution >= 0.6 is 15.9 Å². The van der Waals surface area contributed by atoms with Gasteiger partial charge in [0, 0.05) is 17.1 Å². The summed E-state index contributed by atoms with van der Waals surface area (Å²) in [6.45, 7) is 0.728. The number of nitrogens with two attached hydrogens (primary N) is 1. The van der Waals surface area contributed by atoms with Gasteiger partial charge in [0.15, 0.2) is 11.5 Å². The predicted molar refractivity (Wildman–Crippen MR) is 134 cm³/mol. The van der Waals surface area contributed by atoms with Gasteiger partial charge in [-0.1, -0.05) is 64.5 Å². The number of nitrogens with zero attached hydrogens (tertiary/aromatic N) is 1. The lowest BCUT2D eigenvalue weighted by atomic mass is 9.86. The van der Waals surface area contributed by atoms with Crippen LogP contribution in [0.3, 0.4) is 0 Å². The van der Waals surface area contributed by atoms with Crippen molar-refractivity contribution < 1.29 is 14.3 Å². The highest BCUT2D eigenvalue weighted by Gasteiger charge is 2.36. The molecule has 3 aromatic carbocycles. The number of primary amides is 1. The summed E-state index contributed by atoms with van der Waals surface area (Å²) in [5.41, 5.74) is 10.5. The van der Waals surface area contributed by atoms with E-state index < -0.39 is 6.04 Å². The summed E-state index contributed by atoms with van der Waals surface area (Å²) in [5.74, 6) is 1.08. The Labute approximate surface area is 203 Å². The van der Waals surface area contributed by atoms with E-state index in [9.17, 15) is 4.79 Å². The van der Waals surface area contributed by atoms with E-state index in [1.165, 1.54) is 11.1 Å². The Balaban J connectivity index is 1.77. The molecule has 2 atom stereocenters. The highest BCUT2D eigenvalue weighted by Crippen LogP contribution is 2.43. The van der Waals surface area contributed by atoms with Gasteiger partial charge in [0.1, 0.15) is 6.04 Å². The van der Waals surface area contributed by atoms with Crippen LogP contribution < -0.4 is 15.2 Å². The van der Waals surface area contributed by atoms with E-state index in [-0.39, 0.29) is 11.9 Å². The van der Waals surface area contributed by atoms with E-state index in [0.29, 0.717) is 5.75 Å². The number of halogens is 1. The fourth-order valence-corrected chi connectivity index (χ4v) is 5.31. The molecule has 6 heteroatoms. The van der Waals surface area contributed by atoms with Crippen LogP contribution in [0.4, 0.5) is 0 Å². The van der Waals surface area contributed by atoms with Gasteiger partial charge in [-0.3, -0.25) is 9.69 Å². The summed E-state index contributed by atoms with van der Waals surface area (Å²) in [6, 6.07) is 21.7. The summed E-state index contributed by atoms with van der Waals surface area (Å²) in [6.07, 6.45) is 2.50. The minimum atomic E-state index is -0.503. The van der Waals surface area contributed by atoms with Crippen molar-refractivity contribution in [1.82, 2.24) is 4.90 Å². The van der Waals surface area contributed by atoms with Crippen LogP contribution in [0, 0.1) is 0 Å². The van der Waals surface area contributed by atoms with E-state index in [0.717, 1.165) is 47.2 Å². The van der Waals surface area contributed by atoms with Crippen LogP contribution in [0.1, 0.15) is 40.8 Å². The van der Waals surface area contributed by atoms with Gasteiger partial charge in [-0.2, -0.15) is 0 Å². The average Bonchev–Trinajstić information content (AvgIpc) is 2.83. The van der Waals surface area contributed by atoms with Gasteiger partial charge in [0.2, 0.25) is 5.91 Å². The first-order valence-corrected chi connectivity index (χ1v) is 11.9. The van der Waals surface area contributed by atoms with E-state index in [1.807, 2.05) is 36.4 Å². The van der Waals surface area contributed by atoms with Crippen molar-refractivity contribution in [2.24, 2.45) is 5.73 Å². The number of hydrogen-bond donors (Lipinski definition) is 1. The molecule has 0 aliphatic carbocycles. The molecule has 0 aromatic heterocycles. The second-order valence-corrected chi connectivity index (χ2v) is 9.11. The zero-order chi connectivity index (χ0) is 23.4. The highest BCUT2D eigenvalue weighted by molar-refractivity contribution is 9.10. The number of amides is 1. The summed E-state index contributed by atoms with van der Waals surface area (Å²) >= 11 is 3.67. The molecule has 3 aromatic rings. The molecule has 1 heterocycles. The largest absolute Gasteiger partial charge is 0.493 e. The van der Waals surface area contributed by atoms with Gasteiger partial charge in [0.25, 0.3) is 0 Å². The van der Waals surface area contributed by atoms with Crippen LogP contribution in [0.25, 0.3) is 0 Å². The Morgan fingerprint density at radius 2 is 1.73 bits per heavy atom. The highest BCUT2D eigenvalue weighted by atomic mass is 79.9. The molecule has 0 spiro atoms. The summed E-state index contributed by atoms with van der Waals surface area (Å²) in [4.78, 5) is 15.0. The van der Waals surface area contributed by atoms with Gasteiger partial charge in [-0.05, 0) is 59.7 Å². The molecule has 5 nitrogen and oxygen atoms in total. The van der Waals surface area contributed by atoms with E-state index >= 15 is 0 Å². The number of methoxy groups -OCH3 is 2. The molecule has 2 unspecified atom stereocenters. The smallest absolute Gasteiger partial charge is 0.239 e. The molecule has 172 valence electrons. The number of rotatable bonds is 8. The van der Waals surface area contributed by atoms with Gasteiger partial charge < -0.3 is 15.2 Å². The lowest BCUT2D eigenvalue weighted by Crippen LogP contribution is -2.44. The minimum absolute atomic E-state index is 0.00151. The topological polar surface area (TPSA) is 64.8 Å². The molecule has 1 amide bonds. The first-order chi connectivity index (χ1) is 16.0. The normalized spacial score (nSPS) is 16.6. The van der Waals surface area contributed by atoms with Crippen molar-refractivity contribution in [2.75, 3.05) is 20.8 Å². The summed E-state index contributed by atoms with van der Waals surface area (Å²) in [5, 5.41) is 0. The van der Waals surface area contributed by atoms with Crippen molar-refractivity contribution >= 4 is 21.8 Å². The first kappa shape index (κ1) is 23.3. The molecule has 1 aliphatic rings. The molecule has 0 fully saturated rings. The molecule has 1 aliphatic heterocycles. The van der Waals surface area contributed by atoms with Crippen molar-refractivity contribution in [2.45, 2.75) is 31.3 Å². The molecule has 0 saturated heterocycles. The van der Waals surface area contributed by atoms with E-state index in [1.54, 1.807) is 14.2 Å².